The molecule has 5 rings (SSSR count). The van der Waals surface area contributed by atoms with Crippen LogP contribution < -0.4 is 0 Å². The highest BCUT2D eigenvalue weighted by Gasteiger charge is 2.13. The molecule has 0 aliphatic rings. The number of aromatic nitrogens is 4. The standard InChI is InChI=1S/C18H12N4O/c1-2-12(13-4-5-19-16(13)3-1)11-8-14(18-20-6-7-23-18)15-10-21-22-17(15)9-11/h1-10,19H,(H,21,22). The monoisotopic (exact) mass is 300 g/mol. The number of H-pyrrole nitrogens is 2. The van der Waals surface area contributed by atoms with Crippen molar-refractivity contribution >= 4 is 21.8 Å². The number of aromatic amines is 2. The first-order valence-electron chi connectivity index (χ1n) is 7.33. The maximum absolute atomic E-state index is 5.50. The third-order valence-corrected chi connectivity index (χ3v) is 4.13. The Balaban J connectivity index is 1.84. The number of nitrogens with zero attached hydrogens (tertiary/aromatic N) is 2. The van der Waals surface area contributed by atoms with Gasteiger partial charge in [0, 0.05) is 28.0 Å². The molecule has 3 heterocycles. The summed E-state index contributed by atoms with van der Waals surface area (Å²) in [5.74, 6) is 0.597. The van der Waals surface area contributed by atoms with Crippen LogP contribution in [0, 0.1) is 0 Å². The van der Waals surface area contributed by atoms with E-state index >= 15 is 0 Å². The van der Waals surface area contributed by atoms with E-state index in [1.54, 1.807) is 18.7 Å². The fourth-order valence-electron chi connectivity index (χ4n) is 3.08. The highest BCUT2D eigenvalue weighted by molar-refractivity contribution is 6.01. The Hall–Kier alpha value is -3.34. The van der Waals surface area contributed by atoms with Crippen LogP contribution in [0.4, 0.5) is 0 Å². The summed E-state index contributed by atoms with van der Waals surface area (Å²) in [7, 11) is 0. The van der Waals surface area contributed by atoms with E-state index in [0.717, 1.165) is 33.1 Å². The molecule has 3 aromatic heterocycles. The number of benzene rings is 2. The summed E-state index contributed by atoms with van der Waals surface area (Å²) in [6, 6.07) is 12.5. The van der Waals surface area contributed by atoms with Crippen molar-refractivity contribution in [1.82, 2.24) is 20.2 Å². The second kappa shape index (κ2) is 4.58. The highest BCUT2D eigenvalue weighted by Crippen LogP contribution is 2.35. The summed E-state index contributed by atoms with van der Waals surface area (Å²) >= 11 is 0. The summed E-state index contributed by atoms with van der Waals surface area (Å²) in [4.78, 5) is 7.54. The van der Waals surface area contributed by atoms with Crippen molar-refractivity contribution in [3.63, 3.8) is 0 Å². The zero-order chi connectivity index (χ0) is 15.2. The zero-order valence-electron chi connectivity index (χ0n) is 12.1. The molecule has 110 valence electrons. The van der Waals surface area contributed by atoms with Crippen LogP contribution in [0.3, 0.4) is 0 Å². The third kappa shape index (κ3) is 1.80. The molecule has 5 heteroatoms. The van der Waals surface area contributed by atoms with Crippen molar-refractivity contribution in [3.8, 4) is 22.6 Å². The molecule has 0 aliphatic carbocycles. The first-order chi connectivity index (χ1) is 11.4. The number of rotatable bonds is 2. The predicted octanol–water partition coefficient (Wildman–Crippen LogP) is 4.37. The molecule has 0 unspecified atom stereocenters. The van der Waals surface area contributed by atoms with Crippen LogP contribution in [0.5, 0.6) is 0 Å². The van der Waals surface area contributed by atoms with Crippen LogP contribution >= 0.6 is 0 Å². The zero-order valence-corrected chi connectivity index (χ0v) is 12.1. The van der Waals surface area contributed by atoms with Gasteiger partial charge in [0.25, 0.3) is 0 Å². The predicted molar refractivity (Wildman–Crippen MR) is 88.9 cm³/mol. The average molecular weight is 300 g/mol. The van der Waals surface area contributed by atoms with Gasteiger partial charge in [-0.25, -0.2) is 4.98 Å². The van der Waals surface area contributed by atoms with Crippen molar-refractivity contribution in [3.05, 3.63) is 61.3 Å². The molecule has 0 bridgehead atoms. The molecular formula is C18H12N4O. The Morgan fingerprint density at radius 2 is 1.96 bits per heavy atom. The smallest absolute Gasteiger partial charge is 0.226 e. The van der Waals surface area contributed by atoms with Crippen LogP contribution in [0.2, 0.25) is 0 Å². The van der Waals surface area contributed by atoms with Gasteiger partial charge in [0.15, 0.2) is 0 Å². The second-order valence-electron chi connectivity index (χ2n) is 5.44. The molecular weight excluding hydrogens is 288 g/mol. The Kier molecular flexibility index (Phi) is 2.43. The van der Waals surface area contributed by atoms with Crippen molar-refractivity contribution < 1.29 is 4.42 Å². The quantitative estimate of drug-likeness (QED) is 0.508. The van der Waals surface area contributed by atoms with Crippen LogP contribution in [0.25, 0.3) is 44.4 Å². The average Bonchev–Trinajstić information content (AvgIpc) is 3.32. The molecule has 0 amide bonds. The number of hydrogen-bond donors (Lipinski definition) is 2. The van der Waals surface area contributed by atoms with E-state index in [2.05, 4.69) is 56.6 Å². The summed E-state index contributed by atoms with van der Waals surface area (Å²) in [5.41, 5.74) is 5.27. The molecule has 5 aromatic rings. The van der Waals surface area contributed by atoms with Crippen LogP contribution in [-0.4, -0.2) is 20.2 Å². The summed E-state index contributed by atoms with van der Waals surface area (Å²) in [6.07, 6.45) is 7.00. The molecule has 0 saturated carbocycles. The fourth-order valence-corrected chi connectivity index (χ4v) is 3.08. The lowest BCUT2D eigenvalue weighted by Gasteiger charge is -2.07. The largest absolute Gasteiger partial charge is 0.445 e. The number of nitrogens with one attached hydrogen (secondary N) is 2. The van der Waals surface area contributed by atoms with Crippen molar-refractivity contribution in [1.29, 1.82) is 0 Å². The molecule has 0 radical (unpaired) electrons. The van der Waals surface area contributed by atoms with E-state index in [4.69, 9.17) is 4.42 Å². The van der Waals surface area contributed by atoms with E-state index in [-0.39, 0.29) is 0 Å². The minimum Gasteiger partial charge on any atom is -0.445 e. The number of fused-ring (bicyclic) bond motifs is 2. The molecule has 0 saturated heterocycles. The Morgan fingerprint density at radius 1 is 0.957 bits per heavy atom. The third-order valence-electron chi connectivity index (χ3n) is 4.13. The van der Waals surface area contributed by atoms with Crippen LogP contribution in [0.15, 0.2) is 65.7 Å². The van der Waals surface area contributed by atoms with Crippen LogP contribution in [0.1, 0.15) is 0 Å². The molecule has 23 heavy (non-hydrogen) atoms. The van der Waals surface area contributed by atoms with Gasteiger partial charge in [0.1, 0.15) is 6.26 Å². The number of hydrogen-bond acceptors (Lipinski definition) is 3. The first kappa shape index (κ1) is 12.2. The molecule has 2 N–H and O–H groups in total. The molecule has 0 aliphatic heterocycles. The minimum atomic E-state index is 0.597. The summed E-state index contributed by atoms with van der Waals surface area (Å²) in [5, 5.41) is 9.39. The topological polar surface area (TPSA) is 70.5 Å². The lowest BCUT2D eigenvalue weighted by molar-refractivity contribution is 0.575. The summed E-state index contributed by atoms with van der Waals surface area (Å²) in [6.45, 7) is 0. The SMILES string of the molecule is c1cc(-c2cc(-c3ncco3)c3cn[nH]c3c2)c2cc[nH]c2c1. The van der Waals surface area contributed by atoms with Gasteiger partial charge in [0.2, 0.25) is 5.89 Å². The van der Waals surface area contributed by atoms with E-state index in [9.17, 15) is 0 Å². The Bertz CT molecular complexity index is 1120. The van der Waals surface area contributed by atoms with Gasteiger partial charge in [-0.2, -0.15) is 5.10 Å². The molecule has 0 fully saturated rings. The van der Waals surface area contributed by atoms with Crippen LogP contribution in [-0.2, 0) is 0 Å². The van der Waals surface area contributed by atoms with E-state index in [1.165, 1.54) is 5.39 Å². The maximum Gasteiger partial charge on any atom is 0.226 e. The van der Waals surface area contributed by atoms with Crippen molar-refractivity contribution in [2.24, 2.45) is 0 Å². The normalized spacial score (nSPS) is 11.5. The van der Waals surface area contributed by atoms with E-state index < -0.39 is 0 Å². The van der Waals surface area contributed by atoms with Gasteiger partial charge in [-0.05, 0) is 35.4 Å². The Labute approximate surface area is 131 Å². The maximum atomic E-state index is 5.50. The second-order valence-corrected chi connectivity index (χ2v) is 5.44. The van der Waals surface area contributed by atoms with Gasteiger partial charge in [-0.15, -0.1) is 0 Å². The lowest BCUT2D eigenvalue weighted by atomic mass is 9.98. The lowest BCUT2D eigenvalue weighted by Crippen LogP contribution is -1.85. The molecule has 5 nitrogen and oxygen atoms in total. The molecule has 0 spiro atoms. The summed E-state index contributed by atoms with van der Waals surface area (Å²) < 4.78 is 5.50. The highest BCUT2D eigenvalue weighted by atomic mass is 16.3. The van der Waals surface area contributed by atoms with Crippen molar-refractivity contribution in [2.45, 2.75) is 0 Å². The van der Waals surface area contributed by atoms with Gasteiger partial charge in [-0.1, -0.05) is 12.1 Å². The van der Waals surface area contributed by atoms with Gasteiger partial charge >= 0.3 is 0 Å². The van der Waals surface area contributed by atoms with E-state index in [1.807, 2.05) is 6.20 Å². The van der Waals surface area contributed by atoms with E-state index in [0.29, 0.717) is 5.89 Å². The minimum absolute atomic E-state index is 0.597. The Morgan fingerprint density at radius 3 is 2.87 bits per heavy atom. The number of oxazole rings is 1. The van der Waals surface area contributed by atoms with Crippen molar-refractivity contribution in [2.75, 3.05) is 0 Å². The van der Waals surface area contributed by atoms with Gasteiger partial charge < -0.3 is 9.40 Å². The molecule has 0 atom stereocenters. The first-order valence-corrected chi connectivity index (χ1v) is 7.33. The molecule has 2 aromatic carbocycles. The van der Waals surface area contributed by atoms with Gasteiger partial charge in [0.05, 0.1) is 17.9 Å². The fraction of sp³-hybridized carbons (Fsp3) is 0. The van der Waals surface area contributed by atoms with Gasteiger partial charge in [-0.3, -0.25) is 5.10 Å².